The van der Waals surface area contributed by atoms with E-state index in [1.54, 1.807) is 7.05 Å². The van der Waals surface area contributed by atoms with Crippen LogP contribution in [0.4, 0.5) is 5.69 Å². The molecule has 0 bridgehead atoms. The highest BCUT2D eigenvalue weighted by molar-refractivity contribution is 6.30. The average molecular weight is 364 g/mol. The normalized spacial score (nSPS) is 18.2. The van der Waals surface area contributed by atoms with Crippen LogP contribution in [0.5, 0.6) is 0 Å². The van der Waals surface area contributed by atoms with Crippen molar-refractivity contribution in [3.63, 3.8) is 0 Å². The van der Waals surface area contributed by atoms with E-state index < -0.39 is 0 Å². The van der Waals surface area contributed by atoms with Gasteiger partial charge in [0.15, 0.2) is 5.96 Å². The summed E-state index contributed by atoms with van der Waals surface area (Å²) in [5, 5.41) is 7.07. The maximum absolute atomic E-state index is 11.6. The van der Waals surface area contributed by atoms with E-state index in [1.807, 2.05) is 18.2 Å². The van der Waals surface area contributed by atoms with Crippen LogP contribution in [0.1, 0.15) is 12.8 Å². The van der Waals surface area contributed by atoms with Crippen LogP contribution in [0.3, 0.4) is 0 Å². The second-order valence-corrected chi connectivity index (χ2v) is 6.93. The summed E-state index contributed by atoms with van der Waals surface area (Å²) in [6, 6.07) is 7.99. The largest absolute Gasteiger partial charge is 0.368 e. The number of benzene rings is 1. The third kappa shape index (κ3) is 5.01. The minimum atomic E-state index is 0.187. The maximum Gasteiger partial charge on any atom is 0.223 e. The number of aliphatic imine (C=N–C) groups is 1. The van der Waals surface area contributed by atoms with Crippen LogP contribution in [-0.2, 0) is 4.79 Å². The first kappa shape index (κ1) is 17.9. The number of halogens is 1. The molecule has 1 aromatic carbocycles. The lowest BCUT2D eigenvalue weighted by Gasteiger charge is -2.37. The molecule has 1 heterocycles. The molecule has 1 amide bonds. The van der Waals surface area contributed by atoms with Gasteiger partial charge in [-0.3, -0.25) is 9.79 Å². The van der Waals surface area contributed by atoms with Crippen molar-refractivity contribution in [1.82, 2.24) is 15.5 Å². The van der Waals surface area contributed by atoms with E-state index >= 15 is 0 Å². The molecule has 1 aliphatic carbocycles. The van der Waals surface area contributed by atoms with E-state index in [9.17, 15) is 4.79 Å². The van der Waals surface area contributed by atoms with Crippen molar-refractivity contribution in [2.24, 2.45) is 10.9 Å². The number of nitrogens with one attached hydrogen (secondary N) is 2. The lowest BCUT2D eigenvalue weighted by Crippen LogP contribution is -2.53. The van der Waals surface area contributed by atoms with Gasteiger partial charge in [-0.2, -0.15) is 0 Å². The first-order valence-electron chi connectivity index (χ1n) is 8.91. The van der Waals surface area contributed by atoms with Gasteiger partial charge in [0.2, 0.25) is 5.91 Å². The van der Waals surface area contributed by atoms with E-state index in [2.05, 4.69) is 31.5 Å². The molecule has 1 aliphatic heterocycles. The predicted octanol–water partition coefficient (Wildman–Crippen LogP) is 1.56. The molecule has 0 unspecified atom stereocenters. The molecule has 0 atom stereocenters. The molecular weight excluding hydrogens is 338 g/mol. The fraction of sp³-hybridized carbons (Fsp3) is 0.556. The number of rotatable bonds is 5. The number of anilines is 1. The zero-order valence-electron chi connectivity index (χ0n) is 14.7. The van der Waals surface area contributed by atoms with Gasteiger partial charge in [-0.05, 0) is 31.0 Å². The number of carbonyl (C=O) groups excluding carboxylic acids is 1. The molecule has 7 heteroatoms. The van der Waals surface area contributed by atoms with Gasteiger partial charge in [-0.15, -0.1) is 0 Å². The Labute approximate surface area is 154 Å². The summed E-state index contributed by atoms with van der Waals surface area (Å²) in [6.45, 7) is 5.00. The molecule has 0 radical (unpaired) electrons. The van der Waals surface area contributed by atoms with Crippen LogP contribution in [-0.4, -0.2) is 63.1 Å². The summed E-state index contributed by atoms with van der Waals surface area (Å²) in [5.74, 6) is 1.34. The van der Waals surface area contributed by atoms with Gasteiger partial charge in [-0.1, -0.05) is 17.7 Å². The second kappa shape index (κ2) is 8.43. The van der Waals surface area contributed by atoms with Crippen molar-refractivity contribution in [3.8, 4) is 0 Å². The Morgan fingerprint density at radius 1 is 1.20 bits per heavy atom. The Morgan fingerprint density at radius 2 is 1.92 bits per heavy atom. The Balaban J connectivity index is 1.41. The van der Waals surface area contributed by atoms with Crippen LogP contribution in [0, 0.1) is 5.92 Å². The summed E-state index contributed by atoms with van der Waals surface area (Å²) in [6.07, 6.45) is 2.08. The number of piperazine rings is 1. The van der Waals surface area contributed by atoms with E-state index in [-0.39, 0.29) is 11.8 Å². The SMILES string of the molecule is CN=C(NCCNC(=O)C1CC1)N1CCN(c2cccc(Cl)c2)CC1. The number of amides is 1. The van der Waals surface area contributed by atoms with Gasteiger partial charge in [0.1, 0.15) is 0 Å². The van der Waals surface area contributed by atoms with Crippen LogP contribution in [0.25, 0.3) is 0 Å². The molecule has 1 saturated carbocycles. The predicted molar refractivity (Wildman–Crippen MR) is 102 cm³/mol. The van der Waals surface area contributed by atoms with Crippen molar-refractivity contribution in [1.29, 1.82) is 0 Å². The van der Waals surface area contributed by atoms with Gasteiger partial charge >= 0.3 is 0 Å². The highest BCUT2D eigenvalue weighted by atomic mass is 35.5. The highest BCUT2D eigenvalue weighted by Gasteiger charge is 2.29. The monoisotopic (exact) mass is 363 g/mol. The van der Waals surface area contributed by atoms with Crippen LogP contribution in [0.15, 0.2) is 29.3 Å². The third-order valence-electron chi connectivity index (χ3n) is 4.62. The van der Waals surface area contributed by atoms with Crippen molar-refractivity contribution in [2.75, 3.05) is 51.2 Å². The average Bonchev–Trinajstić information content (AvgIpc) is 3.47. The Morgan fingerprint density at radius 3 is 2.56 bits per heavy atom. The number of hydrogen-bond acceptors (Lipinski definition) is 3. The topological polar surface area (TPSA) is 60.0 Å². The molecule has 0 spiro atoms. The van der Waals surface area contributed by atoms with E-state index in [4.69, 9.17) is 11.6 Å². The fourth-order valence-corrected chi connectivity index (χ4v) is 3.22. The van der Waals surface area contributed by atoms with Crippen molar-refractivity contribution >= 4 is 29.2 Å². The van der Waals surface area contributed by atoms with Crippen LogP contribution >= 0.6 is 11.6 Å². The first-order chi connectivity index (χ1) is 12.2. The molecule has 1 saturated heterocycles. The molecule has 3 rings (SSSR count). The van der Waals surface area contributed by atoms with E-state index in [0.717, 1.165) is 55.7 Å². The second-order valence-electron chi connectivity index (χ2n) is 6.49. The zero-order valence-corrected chi connectivity index (χ0v) is 15.4. The summed E-state index contributed by atoms with van der Waals surface area (Å²) in [5.41, 5.74) is 1.16. The highest BCUT2D eigenvalue weighted by Crippen LogP contribution is 2.28. The summed E-state index contributed by atoms with van der Waals surface area (Å²) in [4.78, 5) is 20.6. The number of carbonyl (C=O) groups is 1. The van der Waals surface area contributed by atoms with Crippen LogP contribution in [0.2, 0.25) is 5.02 Å². The lowest BCUT2D eigenvalue weighted by atomic mass is 10.2. The Hall–Kier alpha value is -1.95. The minimum Gasteiger partial charge on any atom is -0.368 e. The zero-order chi connectivity index (χ0) is 17.6. The molecule has 136 valence electrons. The molecule has 2 fully saturated rings. The first-order valence-corrected chi connectivity index (χ1v) is 9.29. The van der Waals surface area contributed by atoms with E-state index in [1.165, 1.54) is 0 Å². The smallest absolute Gasteiger partial charge is 0.223 e. The fourth-order valence-electron chi connectivity index (χ4n) is 3.03. The summed E-state index contributed by atoms with van der Waals surface area (Å²) >= 11 is 6.09. The number of guanidine groups is 1. The van der Waals surface area contributed by atoms with E-state index in [0.29, 0.717) is 13.1 Å². The molecular formula is C18H26ClN5O. The minimum absolute atomic E-state index is 0.187. The molecule has 6 nitrogen and oxygen atoms in total. The standard InChI is InChI=1S/C18H26ClN5O/c1-20-18(22-8-7-21-17(25)14-5-6-14)24-11-9-23(10-12-24)16-4-2-3-15(19)13-16/h2-4,13-14H,5-12H2,1H3,(H,20,22)(H,21,25). The molecule has 2 N–H and O–H groups in total. The number of hydrogen-bond donors (Lipinski definition) is 2. The Bertz CT molecular complexity index is 624. The lowest BCUT2D eigenvalue weighted by molar-refractivity contribution is -0.122. The summed E-state index contributed by atoms with van der Waals surface area (Å²) in [7, 11) is 1.80. The van der Waals surface area contributed by atoms with Gasteiger partial charge in [0, 0.05) is 62.9 Å². The van der Waals surface area contributed by atoms with Crippen LogP contribution < -0.4 is 15.5 Å². The third-order valence-corrected chi connectivity index (χ3v) is 4.85. The van der Waals surface area contributed by atoms with Crippen molar-refractivity contribution in [3.05, 3.63) is 29.3 Å². The maximum atomic E-state index is 11.6. The van der Waals surface area contributed by atoms with Gasteiger partial charge in [0.25, 0.3) is 0 Å². The van der Waals surface area contributed by atoms with Crippen molar-refractivity contribution < 1.29 is 4.79 Å². The van der Waals surface area contributed by atoms with Gasteiger partial charge < -0.3 is 20.4 Å². The van der Waals surface area contributed by atoms with Crippen molar-refractivity contribution in [2.45, 2.75) is 12.8 Å². The molecule has 1 aromatic rings. The molecule has 25 heavy (non-hydrogen) atoms. The quantitative estimate of drug-likeness (QED) is 0.473. The molecule has 2 aliphatic rings. The summed E-state index contributed by atoms with van der Waals surface area (Å²) < 4.78 is 0. The van der Waals surface area contributed by atoms with Gasteiger partial charge in [-0.25, -0.2) is 0 Å². The number of nitrogens with zero attached hydrogens (tertiary/aromatic N) is 3. The molecule has 0 aromatic heterocycles. The van der Waals surface area contributed by atoms with Gasteiger partial charge in [0.05, 0.1) is 0 Å². The Kier molecular flexibility index (Phi) is 6.02.